The van der Waals surface area contributed by atoms with E-state index in [-0.39, 0.29) is 10.3 Å². The normalized spacial score (nSPS) is 16.9. The molecule has 1 aromatic rings. The van der Waals surface area contributed by atoms with Gasteiger partial charge in [-0.05, 0) is 61.8 Å². The fourth-order valence-corrected chi connectivity index (χ4v) is 3.63. The van der Waals surface area contributed by atoms with Crippen molar-refractivity contribution in [2.24, 2.45) is 5.41 Å². The minimum atomic E-state index is -3.51. The zero-order valence-electron chi connectivity index (χ0n) is 12.9. The first kappa shape index (κ1) is 16.3. The number of hydrogen-bond acceptors (Lipinski definition) is 4. The maximum Gasteiger partial charge on any atom is 0.240 e. The van der Waals surface area contributed by atoms with Gasteiger partial charge in [0.15, 0.2) is 0 Å². The lowest BCUT2D eigenvalue weighted by Crippen LogP contribution is -2.31. The number of sulfonamides is 1. The smallest absolute Gasteiger partial charge is 0.240 e. The fraction of sp³-hybridized carbons (Fsp3) is 0.600. The van der Waals surface area contributed by atoms with Crippen LogP contribution in [0, 0.1) is 19.3 Å². The summed E-state index contributed by atoms with van der Waals surface area (Å²) in [4.78, 5) is 0.241. The van der Waals surface area contributed by atoms with Crippen LogP contribution in [0.3, 0.4) is 0 Å². The monoisotopic (exact) mass is 312 g/mol. The highest BCUT2D eigenvalue weighted by molar-refractivity contribution is 7.89. The van der Waals surface area contributed by atoms with Crippen LogP contribution in [0.25, 0.3) is 0 Å². The van der Waals surface area contributed by atoms with Gasteiger partial charge in [0.1, 0.15) is 0 Å². The molecule has 1 aliphatic carbocycles. The highest BCUT2D eigenvalue weighted by Crippen LogP contribution is 2.48. The second-order valence-electron chi connectivity index (χ2n) is 6.02. The lowest BCUT2D eigenvalue weighted by Gasteiger charge is -2.16. The minimum absolute atomic E-state index is 0.0777. The molecule has 1 fully saturated rings. The minimum Gasteiger partial charge on any atom is -0.398 e. The number of rotatable bonds is 7. The van der Waals surface area contributed by atoms with E-state index in [1.54, 1.807) is 13.2 Å². The second-order valence-corrected chi connectivity index (χ2v) is 7.79. The predicted octanol–water partition coefficient (Wildman–Crippen LogP) is 1.98. The molecule has 0 unspecified atom stereocenters. The third-order valence-electron chi connectivity index (χ3n) is 4.42. The Hall–Kier alpha value is -1.11. The molecule has 6 heteroatoms. The molecule has 21 heavy (non-hydrogen) atoms. The molecule has 5 nitrogen and oxygen atoms in total. The van der Waals surface area contributed by atoms with E-state index in [9.17, 15) is 8.42 Å². The highest BCUT2D eigenvalue weighted by atomic mass is 32.2. The van der Waals surface area contributed by atoms with Gasteiger partial charge in [0, 0.05) is 25.9 Å². The van der Waals surface area contributed by atoms with E-state index in [1.165, 1.54) is 6.07 Å². The van der Waals surface area contributed by atoms with E-state index in [0.29, 0.717) is 18.8 Å². The molecule has 0 aromatic heterocycles. The zero-order chi connectivity index (χ0) is 15.7. The first-order valence-electron chi connectivity index (χ1n) is 7.15. The maximum absolute atomic E-state index is 12.4. The number of nitrogens with one attached hydrogen (secondary N) is 1. The van der Waals surface area contributed by atoms with Crippen molar-refractivity contribution < 1.29 is 13.2 Å². The number of aryl methyl sites for hydroxylation is 1. The Kier molecular flexibility index (Phi) is 4.60. The first-order valence-corrected chi connectivity index (χ1v) is 8.63. The summed E-state index contributed by atoms with van der Waals surface area (Å²) in [5.74, 6) is 0. The zero-order valence-corrected chi connectivity index (χ0v) is 13.7. The summed E-state index contributed by atoms with van der Waals surface area (Å²) < 4.78 is 32.6. The number of nitrogen functional groups attached to an aromatic ring is 1. The van der Waals surface area contributed by atoms with Crippen molar-refractivity contribution in [1.29, 1.82) is 0 Å². The van der Waals surface area contributed by atoms with Crippen molar-refractivity contribution in [1.82, 2.24) is 4.72 Å². The van der Waals surface area contributed by atoms with Gasteiger partial charge in [-0.2, -0.15) is 0 Å². The Bertz CT molecular complexity index is 599. The average molecular weight is 312 g/mol. The number of ether oxygens (including phenoxy) is 1. The molecule has 0 radical (unpaired) electrons. The SMILES string of the molecule is COCCC1(CNS(=O)(=O)c2cc(C)c(C)c(N)c2)CC1. The Morgan fingerprint density at radius 1 is 1.33 bits per heavy atom. The summed E-state index contributed by atoms with van der Waals surface area (Å²) in [5, 5.41) is 0. The average Bonchev–Trinajstić information content (AvgIpc) is 3.20. The Labute approximate surface area is 126 Å². The molecule has 0 atom stereocenters. The number of nitrogens with two attached hydrogens (primary N) is 1. The summed E-state index contributed by atoms with van der Waals surface area (Å²) in [5.41, 5.74) is 8.27. The van der Waals surface area contributed by atoms with Crippen molar-refractivity contribution in [2.75, 3.05) is 26.0 Å². The van der Waals surface area contributed by atoms with Crippen molar-refractivity contribution >= 4 is 15.7 Å². The van der Waals surface area contributed by atoms with Crippen LogP contribution >= 0.6 is 0 Å². The van der Waals surface area contributed by atoms with Gasteiger partial charge >= 0.3 is 0 Å². The number of hydrogen-bond donors (Lipinski definition) is 2. The third kappa shape index (κ3) is 3.75. The number of benzene rings is 1. The van der Waals surface area contributed by atoms with Crippen LogP contribution in [-0.4, -0.2) is 28.7 Å². The van der Waals surface area contributed by atoms with E-state index >= 15 is 0 Å². The standard InChI is InChI=1S/C15H24N2O3S/c1-11-8-13(9-14(16)12(11)2)21(18,19)17-10-15(4-5-15)6-7-20-3/h8-9,17H,4-7,10,16H2,1-3H3. The molecule has 0 bridgehead atoms. The maximum atomic E-state index is 12.4. The van der Waals surface area contributed by atoms with Crippen LogP contribution in [0.2, 0.25) is 0 Å². The third-order valence-corrected chi connectivity index (χ3v) is 5.80. The molecular weight excluding hydrogens is 288 g/mol. The molecule has 0 aliphatic heterocycles. The van der Waals surface area contributed by atoms with E-state index < -0.39 is 10.0 Å². The Morgan fingerprint density at radius 3 is 2.52 bits per heavy atom. The lowest BCUT2D eigenvalue weighted by molar-refractivity contribution is 0.173. The number of anilines is 1. The van der Waals surface area contributed by atoms with Gasteiger partial charge in [-0.25, -0.2) is 13.1 Å². The molecule has 118 valence electrons. The fourth-order valence-electron chi connectivity index (χ4n) is 2.35. The van der Waals surface area contributed by atoms with Gasteiger partial charge in [0.2, 0.25) is 10.0 Å². The quantitative estimate of drug-likeness (QED) is 0.754. The topological polar surface area (TPSA) is 81.4 Å². The molecule has 0 spiro atoms. The molecule has 0 saturated heterocycles. The van der Waals surface area contributed by atoms with Gasteiger partial charge in [-0.15, -0.1) is 0 Å². The van der Waals surface area contributed by atoms with Crippen LogP contribution in [0.1, 0.15) is 30.4 Å². The number of methoxy groups -OCH3 is 1. The largest absolute Gasteiger partial charge is 0.398 e. The lowest BCUT2D eigenvalue weighted by atomic mass is 10.0. The van der Waals surface area contributed by atoms with Gasteiger partial charge in [-0.3, -0.25) is 0 Å². The van der Waals surface area contributed by atoms with E-state index in [2.05, 4.69) is 4.72 Å². The van der Waals surface area contributed by atoms with Gasteiger partial charge in [-0.1, -0.05) is 0 Å². The van der Waals surface area contributed by atoms with Crippen LogP contribution in [0.5, 0.6) is 0 Å². The van der Waals surface area contributed by atoms with Crippen LogP contribution in [0.15, 0.2) is 17.0 Å². The second kappa shape index (κ2) is 5.94. The van der Waals surface area contributed by atoms with Crippen LogP contribution in [0.4, 0.5) is 5.69 Å². The van der Waals surface area contributed by atoms with Crippen molar-refractivity contribution in [3.8, 4) is 0 Å². The molecule has 1 aliphatic rings. The highest BCUT2D eigenvalue weighted by Gasteiger charge is 2.42. The summed E-state index contributed by atoms with van der Waals surface area (Å²) in [7, 11) is -1.85. The van der Waals surface area contributed by atoms with Gasteiger partial charge in [0.05, 0.1) is 4.90 Å². The Balaban J connectivity index is 2.09. The molecule has 1 saturated carbocycles. The van der Waals surface area contributed by atoms with Crippen molar-refractivity contribution in [3.63, 3.8) is 0 Å². The van der Waals surface area contributed by atoms with E-state index in [4.69, 9.17) is 10.5 Å². The predicted molar refractivity (Wildman–Crippen MR) is 83.7 cm³/mol. The van der Waals surface area contributed by atoms with Crippen molar-refractivity contribution in [3.05, 3.63) is 23.3 Å². The van der Waals surface area contributed by atoms with Gasteiger partial charge < -0.3 is 10.5 Å². The summed E-state index contributed by atoms with van der Waals surface area (Å²) in [6, 6.07) is 3.20. The summed E-state index contributed by atoms with van der Waals surface area (Å²) in [6.45, 7) is 4.88. The van der Waals surface area contributed by atoms with E-state index in [0.717, 1.165) is 30.4 Å². The van der Waals surface area contributed by atoms with Crippen LogP contribution < -0.4 is 10.5 Å². The first-order chi connectivity index (χ1) is 9.80. The summed E-state index contributed by atoms with van der Waals surface area (Å²) in [6.07, 6.45) is 2.99. The summed E-state index contributed by atoms with van der Waals surface area (Å²) >= 11 is 0. The van der Waals surface area contributed by atoms with Crippen LogP contribution in [-0.2, 0) is 14.8 Å². The van der Waals surface area contributed by atoms with E-state index in [1.807, 2.05) is 13.8 Å². The molecule has 1 aromatic carbocycles. The molecule has 0 amide bonds. The molecule has 2 rings (SSSR count). The molecular formula is C15H24N2O3S. The van der Waals surface area contributed by atoms with Crippen molar-refractivity contribution in [2.45, 2.75) is 38.0 Å². The Morgan fingerprint density at radius 2 is 2.00 bits per heavy atom. The van der Waals surface area contributed by atoms with Gasteiger partial charge in [0.25, 0.3) is 0 Å². The molecule has 0 heterocycles. The molecule has 3 N–H and O–H groups in total.